The molecule has 0 saturated heterocycles. The zero-order chi connectivity index (χ0) is 22.9. The molecular weight excluding hydrogens is 426 g/mol. The number of halogens is 2. The molecule has 0 bridgehead atoms. The van der Waals surface area contributed by atoms with Crippen molar-refractivity contribution in [1.82, 2.24) is 0 Å². The van der Waals surface area contributed by atoms with Crippen molar-refractivity contribution in [2.45, 2.75) is 131 Å². The highest BCUT2D eigenvalue weighted by Gasteiger charge is 2.32. The highest BCUT2D eigenvalue weighted by Crippen LogP contribution is 2.45. The van der Waals surface area contributed by atoms with Crippen molar-refractivity contribution in [1.29, 1.82) is 0 Å². The molecule has 1 atom stereocenters. The zero-order valence-corrected chi connectivity index (χ0v) is 20.2. The summed E-state index contributed by atoms with van der Waals surface area (Å²) in [6.45, 7) is 4.40. The van der Waals surface area contributed by atoms with E-state index in [-0.39, 0.29) is 29.4 Å². The van der Waals surface area contributed by atoms with Crippen molar-refractivity contribution in [3.63, 3.8) is 0 Å². The van der Waals surface area contributed by atoms with Crippen LogP contribution < -0.4 is 4.74 Å². The van der Waals surface area contributed by atoms with E-state index in [1.54, 1.807) is 12.1 Å². The molecule has 2 fully saturated rings. The van der Waals surface area contributed by atoms with E-state index >= 15 is 0 Å². The van der Waals surface area contributed by atoms with Gasteiger partial charge in [0.25, 0.3) is 0 Å². The van der Waals surface area contributed by atoms with Gasteiger partial charge in [0.2, 0.25) is 5.82 Å². The molecule has 34 heavy (non-hydrogen) atoms. The fraction of sp³-hybridized carbons (Fsp3) is 0.742. The van der Waals surface area contributed by atoms with Gasteiger partial charge in [-0.2, -0.15) is 4.39 Å². The summed E-state index contributed by atoms with van der Waals surface area (Å²) >= 11 is 0. The van der Waals surface area contributed by atoms with E-state index in [0.717, 1.165) is 62.7 Å². The van der Waals surface area contributed by atoms with Crippen LogP contribution in [0.25, 0.3) is 0 Å². The van der Waals surface area contributed by atoms with Crippen LogP contribution in [0.2, 0.25) is 0 Å². The maximum Gasteiger partial charge on any atom is 0.200 e. The zero-order valence-electron chi connectivity index (χ0n) is 20.2. The molecule has 198 valence electrons. The van der Waals surface area contributed by atoms with Crippen molar-refractivity contribution in [3.05, 3.63) is 29.3 Å². The van der Waals surface area contributed by atoms with Crippen molar-refractivity contribution < 1.29 is 16.4 Å². The highest BCUT2D eigenvalue weighted by molar-refractivity contribution is 5.34. The molecule has 3 rings (SSSR count). The Kier molecular flexibility index (Phi) is 13.8. The Balaban J connectivity index is 0. The average Bonchev–Trinajstić information content (AvgIpc) is 2.82. The second-order valence-electron chi connectivity index (χ2n) is 10.2. The SMILES string of the molecule is C.C.C#CC(CCCCC)Oc1ccc(C2CCC(C3CCC(CCC)CC3)CC2)c(F)c1F.[HH].[HH]. The van der Waals surface area contributed by atoms with Gasteiger partial charge in [0, 0.05) is 2.85 Å². The topological polar surface area (TPSA) is 9.23 Å². The smallest absolute Gasteiger partial charge is 0.200 e. The van der Waals surface area contributed by atoms with Crippen LogP contribution in [0.15, 0.2) is 12.1 Å². The lowest BCUT2D eigenvalue weighted by Crippen LogP contribution is -2.25. The Bertz CT molecular complexity index is 748. The lowest BCUT2D eigenvalue weighted by Gasteiger charge is -2.38. The number of benzene rings is 1. The van der Waals surface area contributed by atoms with Gasteiger partial charge >= 0.3 is 0 Å². The van der Waals surface area contributed by atoms with E-state index in [1.807, 2.05) is 0 Å². The summed E-state index contributed by atoms with van der Waals surface area (Å²) < 4.78 is 35.4. The molecule has 3 heteroatoms. The fourth-order valence-corrected chi connectivity index (χ4v) is 6.12. The number of rotatable bonds is 10. The number of terminal acetylenes is 1. The summed E-state index contributed by atoms with van der Waals surface area (Å²) in [5, 5.41) is 0. The molecule has 2 aliphatic carbocycles. The van der Waals surface area contributed by atoms with Crippen molar-refractivity contribution >= 4 is 0 Å². The lowest BCUT2D eigenvalue weighted by atomic mass is 9.68. The van der Waals surface area contributed by atoms with Crippen LogP contribution in [0.3, 0.4) is 0 Å². The van der Waals surface area contributed by atoms with Crippen molar-refractivity contribution in [2.75, 3.05) is 0 Å². The molecule has 1 aromatic rings. The standard InChI is InChI=1S/C29H42F2O.2CH4.2H2/c1-4-7-8-10-25(6-3)32-27-20-19-26(28(30)29(27)31)24-17-15-23(16-18-24)22-13-11-21(9-5-2)12-14-22;;;;/h3,19-25H,4-5,7-18H2,1-2H3;2*1H4;2*1H. The quantitative estimate of drug-likeness (QED) is 0.239. The summed E-state index contributed by atoms with van der Waals surface area (Å²) in [5.41, 5.74) is 0.517. The molecule has 0 aliphatic heterocycles. The van der Waals surface area contributed by atoms with Gasteiger partial charge in [-0.15, -0.1) is 6.42 Å². The fourth-order valence-electron chi connectivity index (χ4n) is 6.12. The van der Waals surface area contributed by atoms with E-state index < -0.39 is 17.7 Å². The van der Waals surface area contributed by atoms with Gasteiger partial charge in [0.1, 0.15) is 0 Å². The molecule has 0 radical (unpaired) electrons. The van der Waals surface area contributed by atoms with Crippen LogP contribution in [-0.2, 0) is 0 Å². The van der Waals surface area contributed by atoms with E-state index in [9.17, 15) is 8.78 Å². The Morgan fingerprint density at radius 3 is 2.09 bits per heavy atom. The molecule has 1 nitrogen and oxygen atoms in total. The summed E-state index contributed by atoms with van der Waals surface area (Å²) in [6, 6.07) is 3.31. The number of hydrogen-bond donors (Lipinski definition) is 0. The predicted octanol–water partition coefficient (Wildman–Crippen LogP) is 10.6. The summed E-state index contributed by atoms with van der Waals surface area (Å²) in [7, 11) is 0. The third kappa shape index (κ3) is 8.00. The minimum absolute atomic E-state index is 0. The van der Waals surface area contributed by atoms with E-state index in [4.69, 9.17) is 11.2 Å². The van der Waals surface area contributed by atoms with Gasteiger partial charge < -0.3 is 4.74 Å². The summed E-state index contributed by atoms with van der Waals surface area (Å²) in [6.07, 6.45) is 21.1. The Morgan fingerprint density at radius 2 is 1.53 bits per heavy atom. The molecule has 0 spiro atoms. The monoisotopic (exact) mass is 480 g/mol. The highest BCUT2D eigenvalue weighted by atomic mass is 19.2. The Hall–Kier alpha value is -1.56. The molecule has 0 N–H and O–H groups in total. The molecule has 2 aliphatic rings. The normalized spacial score (nSPS) is 25.4. The van der Waals surface area contributed by atoms with Crippen molar-refractivity contribution in [3.8, 4) is 18.1 Å². The second kappa shape index (κ2) is 15.4. The van der Waals surface area contributed by atoms with Crippen LogP contribution >= 0.6 is 0 Å². The predicted molar refractivity (Wildman–Crippen MR) is 146 cm³/mol. The van der Waals surface area contributed by atoms with Gasteiger partial charge in [-0.3, -0.25) is 0 Å². The van der Waals surface area contributed by atoms with Crippen LogP contribution in [-0.4, -0.2) is 6.10 Å². The Morgan fingerprint density at radius 1 is 0.912 bits per heavy atom. The average molecular weight is 481 g/mol. The molecule has 1 unspecified atom stereocenters. The van der Waals surface area contributed by atoms with E-state index in [0.29, 0.717) is 12.0 Å². The third-order valence-corrected chi connectivity index (χ3v) is 8.07. The number of hydrogen-bond acceptors (Lipinski definition) is 1. The van der Waals surface area contributed by atoms with Crippen molar-refractivity contribution in [2.24, 2.45) is 17.8 Å². The molecule has 2 saturated carbocycles. The van der Waals surface area contributed by atoms with Crippen LogP contribution in [0, 0.1) is 41.7 Å². The first-order chi connectivity index (χ1) is 15.6. The van der Waals surface area contributed by atoms with Crippen LogP contribution in [0.4, 0.5) is 8.78 Å². The lowest BCUT2D eigenvalue weighted by molar-refractivity contribution is 0.155. The second-order valence-corrected chi connectivity index (χ2v) is 10.2. The van der Waals surface area contributed by atoms with Crippen LogP contribution in [0.1, 0.15) is 133 Å². The van der Waals surface area contributed by atoms with Gasteiger partial charge in [0.15, 0.2) is 17.7 Å². The summed E-state index contributed by atoms with van der Waals surface area (Å²) in [5.74, 6) is 3.55. The first kappa shape index (κ1) is 30.5. The minimum Gasteiger partial charge on any atom is -0.475 e. The minimum atomic E-state index is -0.880. The summed E-state index contributed by atoms with van der Waals surface area (Å²) in [4.78, 5) is 0. The Labute approximate surface area is 212 Å². The first-order valence-corrected chi connectivity index (χ1v) is 13.2. The molecule has 1 aromatic carbocycles. The van der Waals surface area contributed by atoms with Gasteiger partial charge in [-0.1, -0.05) is 79.2 Å². The van der Waals surface area contributed by atoms with E-state index in [2.05, 4.69) is 19.8 Å². The molecule has 0 aromatic heterocycles. The van der Waals surface area contributed by atoms with Gasteiger partial charge in [-0.05, 0) is 86.7 Å². The number of unbranched alkanes of at least 4 members (excludes halogenated alkanes) is 2. The third-order valence-electron chi connectivity index (χ3n) is 8.07. The first-order valence-electron chi connectivity index (χ1n) is 13.2. The molecular formula is C31H54F2O. The maximum atomic E-state index is 15.0. The van der Waals surface area contributed by atoms with Gasteiger partial charge in [-0.25, -0.2) is 4.39 Å². The largest absolute Gasteiger partial charge is 0.475 e. The van der Waals surface area contributed by atoms with E-state index in [1.165, 1.54) is 38.5 Å². The van der Waals surface area contributed by atoms with Crippen LogP contribution in [0.5, 0.6) is 5.75 Å². The maximum absolute atomic E-state index is 15.0. The van der Waals surface area contributed by atoms with Gasteiger partial charge in [0.05, 0.1) is 0 Å². The molecule has 0 amide bonds. The molecule has 0 heterocycles. The number of ether oxygens (including phenoxy) is 1.